The van der Waals surface area contributed by atoms with Crippen LogP contribution in [0.3, 0.4) is 0 Å². The zero-order valence-electron chi connectivity index (χ0n) is 8.85. The molecule has 0 saturated carbocycles. The summed E-state index contributed by atoms with van der Waals surface area (Å²) in [6.45, 7) is 0. The lowest BCUT2D eigenvalue weighted by atomic mass is 10.1. The molecule has 84 valence electrons. The quantitative estimate of drug-likeness (QED) is 0.885. The van der Waals surface area contributed by atoms with Crippen molar-refractivity contribution in [2.75, 3.05) is 7.05 Å². The molecule has 0 aliphatic heterocycles. The first kappa shape index (κ1) is 11.2. The average molecular weight is 237 g/mol. The zero-order valence-corrected chi connectivity index (χ0v) is 9.67. The lowest BCUT2D eigenvalue weighted by Gasteiger charge is -2.13. The number of pyridine rings is 1. The van der Waals surface area contributed by atoms with Crippen molar-refractivity contribution in [3.05, 3.63) is 46.4 Å². The summed E-state index contributed by atoms with van der Waals surface area (Å²) in [5.41, 5.74) is 0.833. The van der Waals surface area contributed by atoms with Gasteiger partial charge < -0.3 is 5.32 Å². The van der Waals surface area contributed by atoms with Gasteiger partial charge >= 0.3 is 0 Å². The molecular weight excluding hydrogens is 225 g/mol. The van der Waals surface area contributed by atoms with Crippen molar-refractivity contribution in [2.45, 2.75) is 12.5 Å². The van der Waals surface area contributed by atoms with Crippen LogP contribution in [0, 0.1) is 5.82 Å². The monoisotopic (exact) mass is 237 g/mol. The van der Waals surface area contributed by atoms with E-state index in [1.54, 1.807) is 23.6 Å². The molecule has 0 bridgehead atoms. The Bertz CT molecular complexity index is 427. The van der Waals surface area contributed by atoms with Gasteiger partial charge in [0.05, 0.1) is 22.9 Å². The van der Waals surface area contributed by atoms with Crippen LogP contribution in [-0.2, 0) is 6.42 Å². The normalized spacial score (nSPS) is 12.6. The summed E-state index contributed by atoms with van der Waals surface area (Å²) in [6.07, 6.45) is 3.79. The number of rotatable bonds is 4. The molecule has 0 aromatic carbocycles. The molecule has 0 spiro atoms. The lowest BCUT2D eigenvalue weighted by Crippen LogP contribution is -2.19. The summed E-state index contributed by atoms with van der Waals surface area (Å²) in [5, 5.41) is 6.15. The van der Waals surface area contributed by atoms with Crippen LogP contribution in [0.1, 0.15) is 16.7 Å². The van der Waals surface area contributed by atoms with Gasteiger partial charge in [-0.05, 0) is 19.2 Å². The minimum absolute atomic E-state index is 0.0757. The first-order valence-corrected chi connectivity index (χ1v) is 5.84. The van der Waals surface area contributed by atoms with E-state index >= 15 is 0 Å². The van der Waals surface area contributed by atoms with Crippen LogP contribution < -0.4 is 5.32 Å². The number of thiazole rings is 1. The fourth-order valence-electron chi connectivity index (χ4n) is 1.48. The number of halogens is 1. The highest BCUT2D eigenvalue weighted by molar-refractivity contribution is 7.09. The van der Waals surface area contributed by atoms with Crippen LogP contribution >= 0.6 is 11.3 Å². The largest absolute Gasteiger partial charge is 0.311 e. The Balaban J connectivity index is 2.13. The van der Waals surface area contributed by atoms with Crippen molar-refractivity contribution in [1.82, 2.24) is 15.3 Å². The fraction of sp³-hybridized carbons (Fsp3) is 0.273. The van der Waals surface area contributed by atoms with E-state index in [1.807, 2.05) is 12.4 Å². The highest BCUT2D eigenvalue weighted by Gasteiger charge is 2.12. The summed E-state index contributed by atoms with van der Waals surface area (Å²) >= 11 is 1.61. The third-order valence-electron chi connectivity index (χ3n) is 2.32. The van der Waals surface area contributed by atoms with E-state index in [0.29, 0.717) is 0 Å². The molecule has 5 heteroatoms. The summed E-state index contributed by atoms with van der Waals surface area (Å²) in [7, 11) is 1.86. The Labute approximate surface area is 97.4 Å². The molecule has 2 aromatic rings. The van der Waals surface area contributed by atoms with Gasteiger partial charge in [0.1, 0.15) is 5.82 Å². The first-order valence-electron chi connectivity index (χ1n) is 4.96. The van der Waals surface area contributed by atoms with Gasteiger partial charge in [-0.15, -0.1) is 11.3 Å². The van der Waals surface area contributed by atoms with Crippen LogP contribution in [0.25, 0.3) is 0 Å². The summed E-state index contributed by atoms with van der Waals surface area (Å²) in [6, 6.07) is 3.20. The molecule has 2 heterocycles. The number of nitrogens with one attached hydrogen (secondary N) is 1. The molecule has 1 atom stereocenters. The fourth-order valence-corrected chi connectivity index (χ4v) is 2.14. The number of hydrogen-bond donors (Lipinski definition) is 1. The van der Waals surface area contributed by atoms with Gasteiger partial charge in [0.2, 0.25) is 0 Å². The van der Waals surface area contributed by atoms with Crippen LogP contribution in [0.2, 0.25) is 0 Å². The van der Waals surface area contributed by atoms with Gasteiger partial charge in [-0.3, -0.25) is 4.98 Å². The van der Waals surface area contributed by atoms with Gasteiger partial charge in [0.15, 0.2) is 0 Å². The maximum atomic E-state index is 12.7. The summed E-state index contributed by atoms with van der Waals surface area (Å²) < 4.78 is 12.7. The molecule has 1 N–H and O–H groups in total. The van der Waals surface area contributed by atoms with Crippen LogP contribution in [0.15, 0.2) is 29.9 Å². The molecule has 1 unspecified atom stereocenters. The van der Waals surface area contributed by atoms with Crippen molar-refractivity contribution in [2.24, 2.45) is 0 Å². The minimum atomic E-state index is -0.312. The van der Waals surface area contributed by atoms with Gasteiger partial charge in [0.25, 0.3) is 0 Å². The van der Waals surface area contributed by atoms with Crippen LogP contribution in [-0.4, -0.2) is 17.0 Å². The maximum absolute atomic E-state index is 12.7. The topological polar surface area (TPSA) is 37.8 Å². The van der Waals surface area contributed by atoms with Gasteiger partial charge in [0, 0.05) is 18.0 Å². The molecule has 0 radical (unpaired) electrons. The Morgan fingerprint density at radius 2 is 2.31 bits per heavy atom. The van der Waals surface area contributed by atoms with E-state index in [0.717, 1.165) is 17.1 Å². The highest BCUT2D eigenvalue weighted by atomic mass is 32.1. The Kier molecular flexibility index (Phi) is 3.58. The molecule has 2 rings (SSSR count). The predicted octanol–water partition coefficient (Wildman–Crippen LogP) is 2.18. The molecule has 0 saturated heterocycles. The Morgan fingerprint density at radius 1 is 1.44 bits per heavy atom. The van der Waals surface area contributed by atoms with Crippen molar-refractivity contribution in [3.63, 3.8) is 0 Å². The number of likely N-dealkylation sites (N-methyl/N-ethyl adjacent to an activating group) is 1. The van der Waals surface area contributed by atoms with E-state index in [9.17, 15) is 4.39 Å². The molecule has 0 aliphatic carbocycles. The minimum Gasteiger partial charge on any atom is -0.311 e. The predicted molar refractivity (Wildman–Crippen MR) is 61.8 cm³/mol. The van der Waals surface area contributed by atoms with Gasteiger partial charge in [-0.2, -0.15) is 0 Å². The SMILES string of the molecule is CNC(Cc1nccs1)c1ccc(F)cn1. The van der Waals surface area contributed by atoms with E-state index in [4.69, 9.17) is 0 Å². The number of aromatic nitrogens is 2. The molecule has 0 fully saturated rings. The van der Waals surface area contributed by atoms with Crippen molar-refractivity contribution >= 4 is 11.3 Å². The zero-order chi connectivity index (χ0) is 11.4. The summed E-state index contributed by atoms with van der Waals surface area (Å²) in [4.78, 5) is 8.29. The third-order valence-corrected chi connectivity index (χ3v) is 3.12. The van der Waals surface area contributed by atoms with Crippen molar-refractivity contribution < 1.29 is 4.39 Å². The van der Waals surface area contributed by atoms with Crippen LogP contribution in [0.5, 0.6) is 0 Å². The molecular formula is C11H12FN3S. The Hall–Kier alpha value is -1.33. The molecule has 16 heavy (non-hydrogen) atoms. The molecule has 2 aromatic heterocycles. The smallest absolute Gasteiger partial charge is 0.141 e. The molecule has 0 amide bonds. The Morgan fingerprint density at radius 3 is 2.88 bits per heavy atom. The van der Waals surface area contributed by atoms with Gasteiger partial charge in [-0.25, -0.2) is 9.37 Å². The second kappa shape index (κ2) is 5.14. The van der Waals surface area contributed by atoms with Crippen molar-refractivity contribution in [1.29, 1.82) is 0 Å². The molecule has 3 nitrogen and oxygen atoms in total. The van der Waals surface area contributed by atoms with E-state index < -0.39 is 0 Å². The second-order valence-corrected chi connectivity index (χ2v) is 4.35. The van der Waals surface area contributed by atoms with E-state index in [2.05, 4.69) is 15.3 Å². The number of hydrogen-bond acceptors (Lipinski definition) is 4. The van der Waals surface area contributed by atoms with Gasteiger partial charge in [-0.1, -0.05) is 0 Å². The second-order valence-electron chi connectivity index (χ2n) is 3.37. The van der Waals surface area contributed by atoms with E-state index in [-0.39, 0.29) is 11.9 Å². The van der Waals surface area contributed by atoms with Crippen molar-refractivity contribution in [3.8, 4) is 0 Å². The van der Waals surface area contributed by atoms with E-state index in [1.165, 1.54) is 12.3 Å². The first-order chi connectivity index (χ1) is 7.79. The standard InChI is InChI=1S/C11H12FN3S/c1-13-10(6-11-14-4-5-16-11)9-3-2-8(12)7-15-9/h2-5,7,10,13H,6H2,1H3. The lowest BCUT2D eigenvalue weighted by molar-refractivity contribution is 0.564. The average Bonchev–Trinajstić information content (AvgIpc) is 2.80. The third kappa shape index (κ3) is 2.62. The maximum Gasteiger partial charge on any atom is 0.141 e. The van der Waals surface area contributed by atoms with Crippen LogP contribution in [0.4, 0.5) is 4.39 Å². The molecule has 0 aliphatic rings. The highest BCUT2D eigenvalue weighted by Crippen LogP contribution is 2.17. The number of nitrogens with zero attached hydrogens (tertiary/aromatic N) is 2. The summed E-state index contributed by atoms with van der Waals surface area (Å²) in [5.74, 6) is -0.312.